The molecule has 1 aliphatic heterocycles. The standard InChI is InChI=1S/C8H15NS/c1-7(2)9-4-3-8(5-9)6-10/h3,7,10H,4-6H2,1-2H3. The van der Waals surface area contributed by atoms with Crippen LogP contribution in [0.5, 0.6) is 0 Å². The second-order valence-electron chi connectivity index (χ2n) is 3.04. The fourth-order valence-electron chi connectivity index (χ4n) is 1.14. The van der Waals surface area contributed by atoms with Gasteiger partial charge < -0.3 is 0 Å². The van der Waals surface area contributed by atoms with Gasteiger partial charge in [-0.2, -0.15) is 12.6 Å². The third-order valence-electron chi connectivity index (χ3n) is 1.95. The fraction of sp³-hybridized carbons (Fsp3) is 0.750. The Bertz CT molecular complexity index is 140. The smallest absolute Gasteiger partial charge is 0.0207 e. The minimum absolute atomic E-state index is 0.675. The monoisotopic (exact) mass is 157 g/mol. The van der Waals surface area contributed by atoms with Crippen LogP contribution < -0.4 is 0 Å². The molecule has 0 atom stereocenters. The molecule has 0 bridgehead atoms. The van der Waals surface area contributed by atoms with E-state index < -0.39 is 0 Å². The maximum atomic E-state index is 4.23. The molecule has 0 aromatic carbocycles. The van der Waals surface area contributed by atoms with Crippen molar-refractivity contribution >= 4 is 12.6 Å². The summed E-state index contributed by atoms with van der Waals surface area (Å²) in [4.78, 5) is 2.44. The number of nitrogens with zero attached hydrogens (tertiary/aromatic N) is 1. The van der Waals surface area contributed by atoms with E-state index >= 15 is 0 Å². The Balaban J connectivity index is 2.36. The summed E-state index contributed by atoms with van der Waals surface area (Å²) in [7, 11) is 0. The predicted octanol–water partition coefficient (Wildman–Crippen LogP) is 1.57. The van der Waals surface area contributed by atoms with Crippen molar-refractivity contribution in [2.45, 2.75) is 19.9 Å². The first-order chi connectivity index (χ1) is 4.74. The van der Waals surface area contributed by atoms with Crippen LogP contribution in [0.4, 0.5) is 0 Å². The molecule has 0 spiro atoms. The van der Waals surface area contributed by atoms with Gasteiger partial charge in [0.1, 0.15) is 0 Å². The third-order valence-corrected chi connectivity index (χ3v) is 2.36. The van der Waals surface area contributed by atoms with E-state index in [0.29, 0.717) is 6.04 Å². The summed E-state index contributed by atoms with van der Waals surface area (Å²) >= 11 is 4.23. The van der Waals surface area contributed by atoms with Gasteiger partial charge >= 0.3 is 0 Å². The molecule has 0 saturated carbocycles. The van der Waals surface area contributed by atoms with E-state index in [4.69, 9.17) is 0 Å². The Kier molecular flexibility index (Phi) is 2.81. The molecule has 1 aliphatic rings. The number of hydrogen-bond donors (Lipinski definition) is 1. The van der Waals surface area contributed by atoms with Gasteiger partial charge in [0.05, 0.1) is 0 Å². The molecule has 10 heavy (non-hydrogen) atoms. The molecule has 2 heteroatoms. The van der Waals surface area contributed by atoms with Gasteiger partial charge in [0.15, 0.2) is 0 Å². The second-order valence-corrected chi connectivity index (χ2v) is 3.36. The van der Waals surface area contributed by atoms with Crippen LogP contribution in [0.2, 0.25) is 0 Å². The van der Waals surface area contributed by atoms with E-state index in [1.807, 2.05) is 0 Å². The summed E-state index contributed by atoms with van der Waals surface area (Å²) < 4.78 is 0. The van der Waals surface area contributed by atoms with Gasteiger partial charge in [0, 0.05) is 24.9 Å². The zero-order chi connectivity index (χ0) is 7.56. The Labute approximate surface area is 68.5 Å². The van der Waals surface area contributed by atoms with Gasteiger partial charge in [-0.3, -0.25) is 4.90 Å². The average molecular weight is 157 g/mol. The zero-order valence-corrected chi connectivity index (χ0v) is 7.56. The van der Waals surface area contributed by atoms with Gasteiger partial charge in [-0.1, -0.05) is 6.08 Å². The molecular weight excluding hydrogens is 142 g/mol. The lowest BCUT2D eigenvalue weighted by Gasteiger charge is -2.19. The van der Waals surface area contributed by atoms with E-state index in [9.17, 15) is 0 Å². The van der Waals surface area contributed by atoms with Crippen LogP contribution in [0.3, 0.4) is 0 Å². The van der Waals surface area contributed by atoms with Crippen molar-refractivity contribution < 1.29 is 0 Å². The molecule has 0 aromatic heterocycles. The molecule has 0 unspecified atom stereocenters. The van der Waals surface area contributed by atoms with Crippen molar-refractivity contribution in [2.75, 3.05) is 18.8 Å². The summed E-state index contributed by atoms with van der Waals surface area (Å²) in [5, 5.41) is 0. The maximum absolute atomic E-state index is 4.23. The Hall–Kier alpha value is 0.0500. The van der Waals surface area contributed by atoms with E-state index in [2.05, 4.69) is 37.5 Å². The Morgan fingerprint density at radius 3 is 2.70 bits per heavy atom. The van der Waals surface area contributed by atoms with Crippen molar-refractivity contribution in [3.8, 4) is 0 Å². The summed E-state index contributed by atoms with van der Waals surface area (Å²) in [6.45, 7) is 6.71. The molecular formula is C8H15NS. The van der Waals surface area contributed by atoms with Crippen LogP contribution >= 0.6 is 12.6 Å². The molecule has 0 aliphatic carbocycles. The second kappa shape index (κ2) is 3.44. The average Bonchev–Trinajstić information content (AvgIpc) is 2.34. The number of thiol groups is 1. The van der Waals surface area contributed by atoms with Crippen molar-refractivity contribution in [3.63, 3.8) is 0 Å². The quantitative estimate of drug-likeness (QED) is 0.470. The molecule has 0 aromatic rings. The van der Waals surface area contributed by atoms with Gasteiger partial charge in [-0.05, 0) is 19.4 Å². The number of hydrogen-bond acceptors (Lipinski definition) is 2. The van der Waals surface area contributed by atoms with Crippen LogP contribution in [0.25, 0.3) is 0 Å². The first kappa shape index (κ1) is 8.15. The van der Waals surface area contributed by atoms with Gasteiger partial charge in [-0.15, -0.1) is 0 Å². The lowest BCUT2D eigenvalue weighted by atomic mass is 10.3. The summed E-state index contributed by atoms with van der Waals surface area (Å²) in [6, 6.07) is 0.675. The minimum atomic E-state index is 0.675. The fourth-order valence-corrected chi connectivity index (χ4v) is 1.37. The highest BCUT2D eigenvalue weighted by atomic mass is 32.1. The largest absolute Gasteiger partial charge is 0.293 e. The minimum Gasteiger partial charge on any atom is -0.293 e. The normalized spacial score (nSPS) is 20.2. The van der Waals surface area contributed by atoms with E-state index in [0.717, 1.165) is 18.8 Å². The van der Waals surface area contributed by atoms with Crippen molar-refractivity contribution in [1.29, 1.82) is 0 Å². The highest BCUT2D eigenvalue weighted by Crippen LogP contribution is 2.12. The lowest BCUT2D eigenvalue weighted by molar-refractivity contribution is 0.284. The molecule has 0 N–H and O–H groups in total. The highest BCUT2D eigenvalue weighted by Gasteiger charge is 2.14. The Morgan fingerprint density at radius 2 is 2.40 bits per heavy atom. The molecule has 58 valence electrons. The van der Waals surface area contributed by atoms with Gasteiger partial charge in [-0.25, -0.2) is 0 Å². The molecule has 0 saturated heterocycles. The van der Waals surface area contributed by atoms with Crippen LogP contribution in [-0.2, 0) is 0 Å². The summed E-state index contributed by atoms with van der Waals surface area (Å²) in [5.74, 6) is 0.920. The Morgan fingerprint density at radius 1 is 1.70 bits per heavy atom. The first-order valence-electron chi connectivity index (χ1n) is 3.77. The van der Waals surface area contributed by atoms with Crippen LogP contribution in [-0.4, -0.2) is 29.8 Å². The topological polar surface area (TPSA) is 3.24 Å². The van der Waals surface area contributed by atoms with Crippen LogP contribution in [0.15, 0.2) is 11.6 Å². The predicted molar refractivity (Wildman–Crippen MR) is 48.6 cm³/mol. The van der Waals surface area contributed by atoms with E-state index in [-0.39, 0.29) is 0 Å². The zero-order valence-electron chi connectivity index (χ0n) is 6.67. The van der Waals surface area contributed by atoms with Crippen molar-refractivity contribution in [2.24, 2.45) is 0 Å². The highest BCUT2D eigenvalue weighted by molar-refractivity contribution is 7.80. The lowest BCUT2D eigenvalue weighted by Crippen LogP contribution is -2.28. The molecule has 1 rings (SSSR count). The van der Waals surface area contributed by atoms with Crippen LogP contribution in [0.1, 0.15) is 13.8 Å². The SMILES string of the molecule is CC(C)N1CC=C(CS)C1. The molecule has 1 heterocycles. The van der Waals surface area contributed by atoms with E-state index in [1.165, 1.54) is 5.57 Å². The van der Waals surface area contributed by atoms with Crippen molar-refractivity contribution in [1.82, 2.24) is 4.90 Å². The summed E-state index contributed by atoms with van der Waals surface area (Å²) in [5.41, 5.74) is 1.47. The van der Waals surface area contributed by atoms with Gasteiger partial charge in [0.25, 0.3) is 0 Å². The van der Waals surface area contributed by atoms with Gasteiger partial charge in [0.2, 0.25) is 0 Å². The van der Waals surface area contributed by atoms with Crippen LogP contribution in [0, 0.1) is 0 Å². The van der Waals surface area contributed by atoms with E-state index in [1.54, 1.807) is 0 Å². The number of rotatable bonds is 2. The van der Waals surface area contributed by atoms with Crippen molar-refractivity contribution in [3.05, 3.63) is 11.6 Å². The first-order valence-corrected chi connectivity index (χ1v) is 4.40. The maximum Gasteiger partial charge on any atom is 0.0207 e. The molecule has 0 fully saturated rings. The molecule has 0 radical (unpaired) electrons. The third kappa shape index (κ3) is 1.77. The molecule has 1 nitrogen and oxygen atoms in total. The molecule has 0 amide bonds. The summed E-state index contributed by atoms with van der Waals surface area (Å²) in [6.07, 6.45) is 2.28.